The van der Waals surface area contributed by atoms with Crippen molar-refractivity contribution in [1.29, 1.82) is 0 Å². The Hall–Kier alpha value is -2.25. The van der Waals surface area contributed by atoms with Crippen LogP contribution in [0.25, 0.3) is 10.2 Å². The van der Waals surface area contributed by atoms with E-state index in [0.29, 0.717) is 4.80 Å². The van der Waals surface area contributed by atoms with Crippen LogP contribution in [0.15, 0.2) is 46.3 Å². The van der Waals surface area contributed by atoms with E-state index in [4.69, 9.17) is 0 Å². The van der Waals surface area contributed by atoms with Gasteiger partial charge in [-0.05, 0) is 50.1 Å². The quantitative estimate of drug-likeness (QED) is 0.692. The summed E-state index contributed by atoms with van der Waals surface area (Å²) >= 11 is 1.38. The second kappa shape index (κ2) is 6.81. The summed E-state index contributed by atoms with van der Waals surface area (Å²) in [4.78, 5) is 17.0. The molecule has 0 aliphatic carbocycles. The van der Waals surface area contributed by atoms with Gasteiger partial charge in [0.15, 0.2) is 14.6 Å². The third kappa shape index (κ3) is 3.64. The van der Waals surface area contributed by atoms with Crippen LogP contribution < -0.4 is 4.80 Å². The van der Waals surface area contributed by atoms with Gasteiger partial charge in [-0.2, -0.15) is 4.99 Å². The third-order valence-corrected chi connectivity index (χ3v) is 6.84. The second-order valence-electron chi connectivity index (χ2n) is 6.45. The first-order valence-corrected chi connectivity index (χ1v) is 10.6. The summed E-state index contributed by atoms with van der Waals surface area (Å²) in [7, 11) is -1.87. The van der Waals surface area contributed by atoms with E-state index in [9.17, 15) is 13.2 Å². The molecule has 0 atom stereocenters. The van der Waals surface area contributed by atoms with Gasteiger partial charge in [0.05, 0.1) is 15.1 Å². The molecule has 0 radical (unpaired) electrons. The topological polar surface area (TPSA) is 68.5 Å². The lowest BCUT2D eigenvalue weighted by atomic mass is 10.1. The highest BCUT2D eigenvalue weighted by Crippen LogP contribution is 2.22. The minimum Gasteiger partial charge on any atom is -0.319 e. The molecule has 3 aromatic rings. The summed E-state index contributed by atoms with van der Waals surface area (Å²) in [6.07, 6.45) is 0. The summed E-state index contributed by atoms with van der Waals surface area (Å²) in [6.45, 7) is 5.90. The molecule has 3 rings (SSSR count). The zero-order valence-corrected chi connectivity index (χ0v) is 16.7. The van der Waals surface area contributed by atoms with Gasteiger partial charge in [-0.25, -0.2) is 8.42 Å². The number of amides is 1. The van der Waals surface area contributed by atoms with Gasteiger partial charge in [0.1, 0.15) is 5.75 Å². The monoisotopic (exact) mass is 388 g/mol. The van der Waals surface area contributed by atoms with Gasteiger partial charge < -0.3 is 4.57 Å². The summed E-state index contributed by atoms with van der Waals surface area (Å²) in [6, 6.07) is 10.6. The molecule has 0 aliphatic heterocycles. The van der Waals surface area contributed by atoms with Crippen molar-refractivity contribution < 1.29 is 13.2 Å². The molecule has 0 aliphatic rings. The van der Waals surface area contributed by atoms with Crippen molar-refractivity contribution >= 4 is 37.3 Å². The molecule has 0 unspecified atom stereocenters. The fraction of sp³-hybridized carbons (Fsp3) is 0.263. The maximum absolute atomic E-state index is 12.4. The molecule has 7 heteroatoms. The Morgan fingerprint density at radius 3 is 2.38 bits per heavy atom. The molecule has 0 spiro atoms. The molecule has 2 aromatic carbocycles. The van der Waals surface area contributed by atoms with Gasteiger partial charge in [0.25, 0.3) is 5.91 Å². The number of nitrogens with zero attached hydrogens (tertiary/aromatic N) is 2. The van der Waals surface area contributed by atoms with Crippen LogP contribution in [0.1, 0.15) is 16.7 Å². The lowest BCUT2D eigenvalue weighted by Crippen LogP contribution is -2.19. The Kier molecular flexibility index (Phi) is 4.86. The molecule has 0 saturated heterocycles. The van der Waals surface area contributed by atoms with Crippen molar-refractivity contribution in [2.45, 2.75) is 25.7 Å². The van der Waals surface area contributed by atoms with Crippen molar-refractivity contribution in [3.05, 3.63) is 57.9 Å². The SMILES string of the molecule is Cc1ccc(S(=O)(=O)CC(=O)N=c2sc3cc(C)cc(C)c3n2C)cc1. The zero-order chi connectivity index (χ0) is 19.1. The summed E-state index contributed by atoms with van der Waals surface area (Å²) in [5.74, 6) is -1.30. The van der Waals surface area contributed by atoms with Crippen molar-refractivity contribution in [2.75, 3.05) is 5.75 Å². The Bertz CT molecular complexity index is 1170. The van der Waals surface area contributed by atoms with Crippen LogP contribution in [0.2, 0.25) is 0 Å². The van der Waals surface area contributed by atoms with E-state index in [2.05, 4.69) is 11.1 Å². The first kappa shape index (κ1) is 18.5. The van der Waals surface area contributed by atoms with E-state index in [1.807, 2.05) is 38.5 Å². The minimum absolute atomic E-state index is 0.138. The van der Waals surface area contributed by atoms with E-state index in [1.165, 1.54) is 23.5 Å². The molecular formula is C19H20N2O3S2. The van der Waals surface area contributed by atoms with Gasteiger partial charge in [0, 0.05) is 7.05 Å². The highest BCUT2D eigenvalue weighted by atomic mass is 32.2. The van der Waals surface area contributed by atoms with E-state index in [1.54, 1.807) is 12.1 Å². The Labute approximate surface area is 156 Å². The van der Waals surface area contributed by atoms with Crippen LogP contribution in [0.4, 0.5) is 0 Å². The van der Waals surface area contributed by atoms with Crippen molar-refractivity contribution in [3.8, 4) is 0 Å². The predicted molar refractivity (Wildman–Crippen MR) is 104 cm³/mol. The van der Waals surface area contributed by atoms with Crippen LogP contribution in [0.5, 0.6) is 0 Å². The lowest BCUT2D eigenvalue weighted by molar-refractivity contribution is -0.115. The number of aryl methyl sites for hydroxylation is 4. The number of thiazole rings is 1. The summed E-state index contributed by atoms with van der Waals surface area (Å²) in [5, 5.41) is 0. The second-order valence-corrected chi connectivity index (χ2v) is 9.45. The molecule has 5 nitrogen and oxygen atoms in total. The zero-order valence-electron chi connectivity index (χ0n) is 15.1. The average Bonchev–Trinajstić information content (AvgIpc) is 2.82. The number of hydrogen-bond acceptors (Lipinski definition) is 4. The van der Waals surface area contributed by atoms with Crippen LogP contribution in [0.3, 0.4) is 0 Å². The number of aromatic nitrogens is 1. The summed E-state index contributed by atoms with van der Waals surface area (Å²) in [5.41, 5.74) is 4.20. The molecule has 26 heavy (non-hydrogen) atoms. The normalized spacial score (nSPS) is 12.7. The van der Waals surface area contributed by atoms with Gasteiger partial charge in [0.2, 0.25) is 0 Å². The Morgan fingerprint density at radius 1 is 1.08 bits per heavy atom. The van der Waals surface area contributed by atoms with Gasteiger partial charge in [-0.15, -0.1) is 0 Å². The van der Waals surface area contributed by atoms with E-state index < -0.39 is 21.5 Å². The molecule has 1 heterocycles. The van der Waals surface area contributed by atoms with E-state index in [-0.39, 0.29) is 4.90 Å². The number of fused-ring (bicyclic) bond motifs is 1. The maximum atomic E-state index is 12.4. The van der Waals surface area contributed by atoms with Gasteiger partial charge in [-0.3, -0.25) is 4.79 Å². The third-order valence-electron chi connectivity index (χ3n) is 4.15. The highest BCUT2D eigenvalue weighted by molar-refractivity contribution is 7.92. The first-order valence-electron chi connectivity index (χ1n) is 8.11. The Morgan fingerprint density at radius 2 is 1.73 bits per heavy atom. The smallest absolute Gasteiger partial charge is 0.263 e. The van der Waals surface area contributed by atoms with Crippen molar-refractivity contribution in [3.63, 3.8) is 0 Å². The fourth-order valence-electron chi connectivity index (χ4n) is 2.92. The fourth-order valence-corrected chi connectivity index (χ4v) is 5.24. The highest BCUT2D eigenvalue weighted by Gasteiger charge is 2.19. The number of carbonyl (C=O) groups is 1. The van der Waals surface area contributed by atoms with Gasteiger partial charge in [-0.1, -0.05) is 35.1 Å². The van der Waals surface area contributed by atoms with Crippen molar-refractivity contribution in [1.82, 2.24) is 4.57 Å². The van der Waals surface area contributed by atoms with Gasteiger partial charge >= 0.3 is 0 Å². The molecule has 136 valence electrons. The molecule has 0 saturated carbocycles. The minimum atomic E-state index is -3.70. The molecule has 0 fully saturated rings. The number of sulfone groups is 1. The van der Waals surface area contributed by atoms with Crippen LogP contribution >= 0.6 is 11.3 Å². The molecule has 0 N–H and O–H groups in total. The summed E-state index contributed by atoms with van der Waals surface area (Å²) < 4.78 is 27.7. The lowest BCUT2D eigenvalue weighted by Gasteiger charge is -2.03. The van der Waals surface area contributed by atoms with E-state index in [0.717, 1.165) is 26.9 Å². The van der Waals surface area contributed by atoms with Crippen LogP contribution in [-0.2, 0) is 21.7 Å². The first-order chi connectivity index (χ1) is 12.2. The average molecular weight is 389 g/mol. The van der Waals surface area contributed by atoms with Crippen LogP contribution in [0, 0.1) is 20.8 Å². The molecule has 1 aromatic heterocycles. The Balaban J connectivity index is 1.96. The maximum Gasteiger partial charge on any atom is 0.263 e. The number of carbonyl (C=O) groups excluding carboxylic acids is 1. The van der Waals surface area contributed by atoms with Crippen LogP contribution in [-0.4, -0.2) is 24.6 Å². The molecule has 0 bridgehead atoms. The largest absolute Gasteiger partial charge is 0.319 e. The number of hydrogen-bond donors (Lipinski definition) is 0. The van der Waals surface area contributed by atoms with Crippen molar-refractivity contribution in [2.24, 2.45) is 12.0 Å². The standard InChI is InChI=1S/C19H20N2O3S2/c1-12-5-7-15(8-6-12)26(23,24)11-17(22)20-19-21(4)18-14(3)9-13(2)10-16(18)25-19/h5-10H,11H2,1-4H3. The predicted octanol–water partition coefficient (Wildman–Crippen LogP) is 3.07. The number of rotatable bonds is 3. The number of benzene rings is 2. The molecule has 1 amide bonds. The van der Waals surface area contributed by atoms with E-state index >= 15 is 0 Å². The molecular weight excluding hydrogens is 368 g/mol.